The minimum atomic E-state index is -4.36. The van der Waals surface area contributed by atoms with Crippen molar-refractivity contribution >= 4 is 5.91 Å². The first-order valence-electron chi connectivity index (χ1n) is 6.52. The summed E-state index contributed by atoms with van der Waals surface area (Å²) in [6.07, 6.45) is -3.32. The number of carbonyl (C=O) groups is 1. The average Bonchev–Trinajstić information content (AvgIpc) is 2.37. The normalized spacial score (nSPS) is 20.4. The van der Waals surface area contributed by atoms with Crippen LogP contribution in [0.25, 0.3) is 0 Å². The van der Waals surface area contributed by atoms with Crippen molar-refractivity contribution in [3.63, 3.8) is 0 Å². The summed E-state index contributed by atoms with van der Waals surface area (Å²) in [5.41, 5.74) is 4.99. The number of rotatable bonds is 6. The molecule has 118 valence electrons. The lowest BCUT2D eigenvalue weighted by molar-refractivity contribution is -0.175. The van der Waals surface area contributed by atoms with Gasteiger partial charge in [-0.1, -0.05) is 0 Å². The molecule has 1 heterocycles. The Morgan fingerprint density at radius 3 is 2.55 bits per heavy atom. The van der Waals surface area contributed by atoms with E-state index in [1.54, 1.807) is 6.92 Å². The summed E-state index contributed by atoms with van der Waals surface area (Å²) in [7, 11) is 0. The minimum Gasteiger partial charge on any atom is -0.381 e. The van der Waals surface area contributed by atoms with Crippen LogP contribution in [0.4, 0.5) is 13.2 Å². The predicted molar refractivity (Wildman–Crippen MR) is 66.0 cm³/mol. The van der Waals surface area contributed by atoms with E-state index in [0.717, 1.165) is 0 Å². The zero-order valence-electron chi connectivity index (χ0n) is 11.5. The molecule has 0 spiro atoms. The summed E-state index contributed by atoms with van der Waals surface area (Å²) in [5.74, 6) is -0.244. The van der Waals surface area contributed by atoms with Gasteiger partial charge in [0.2, 0.25) is 5.91 Å². The van der Waals surface area contributed by atoms with Crippen LogP contribution in [0.3, 0.4) is 0 Å². The molecule has 5 nitrogen and oxygen atoms in total. The number of nitrogens with two attached hydrogens (primary N) is 1. The zero-order valence-corrected chi connectivity index (χ0v) is 11.5. The molecule has 0 aromatic rings. The molecule has 20 heavy (non-hydrogen) atoms. The van der Waals surface area contributed by atoms with E-state index < -0.39 is 24.2 Å². The van der Waals surface area contributed by atoms with E-state index in [9.17, 15) is 18.0 Å². The maximum absolute atomic E-state index is 12.2. The highest BCUT2D eigenvalue weighted by Gasteiger charge is 2.39. The molecule has 1 aliphatic heterocycles. The molecule has 0 saturated carbocycles. The quantitative estimate of drug-likeness (QED) is 0.761. The van der Waals surface area contributed by atoms with Crippen LogP contribution in [0.15, 0.2) is 0 Å². The molecular formula is C12H21F3N2O3. The Labute approximate surface area is 116 Å². The first-order chi connectivity index (χ1) is 9.29. The van der Waals surface area contributed by atoms with Crippen LogP contribution in [-0.4, -0.2) is 51.1 Å². The Hall–Kier alpha value is -0.860. The van der Waals surface area contributed by atoms with Gasteiger partial charge in [0.25, 0.3) is 0 Å². The summed E-state index contributed by atoms with van der Waals surface area (Å²) < 4.78 is 45.5. The smallest absolute Gasteiger partial charge is 0.381 e. The molecule has 3 N–H and O–H groups in total. The maximum atomic E-state index is 12.2. The van der Waals surface area contributed by atoms with Crippen molar-refractivity contribution in [1.29, 1.82) is 0 Å². The van der Waals surface area contributed by atoms with Crippen LogP contribution in [0.2, 0.25) is 0 Å². The Bertz CT molecular complexity index is 318. The van der Waals surface area contributed by atoms with E-state index in [1.165, 1.54) is 0 Å². The molecule has 1 aliphatic rings. The van der Waals surface area contributed by atoms with Crippen LogP contribution < -0.4 is 11.1 Å². The second kappa shape index (κ2) is 7.24. The van der Waals surface area contributed by atoms with Gasteiger partial charge in [-0.25, -0.2) is 0 Å². The van der Waals surface area contributed by atoms with Gasteiger partial charge in [0.15, 0.2) is 0 Å². The number of carbonyl (C=O) groups excluding carboxylic acids is 1. The Balaban J connectivity index is 2.40. The first kappa shape index (κ1) is 17.2. The van der Waals surface area contributed by atoms with Gasteiger partial charge < -0.3 is 20.5 Å². The van der Waals surface area contributed by atoms with Gasteiger partial charge in [-0.3, -0.25) is 4.79 Å². The van der Waals surface area contributed by atoms with Crippen molar-refractivity contribution < 1.29 is 27.4 Å². The van der Waals surface area contributed by atoms with Crippen molar-refractivity contribution in [1.82, 2.24) is 5.32 Å². The molecule has 0 bridgehead atoms. The summed E-state index contributed by atoms with van der Waals surface area (Å²) >= 11 is 0. The summed E-state index contributed by atoms with van der Waals surface area (Å²) in [6.45, 7) is 1.20. The molecule has 1 fully saturated rings. The van der Waals surface area contributed by atoms with Gasteiger partial charge in [-0.15, -0.1) is 0 Å². The maximum Gasteiger partial charge on any atom is 0.411 e. The molecule has 1 atom stereocenters. The third-order valence-electron chi connectivity index (χ3n) is 3.33. The fourth-order valence-corrected chi connectivity index (χ4v) is 2.06. The van der Waals surface area contributed by atoms with Crippen LogP contribution in [0.5, 0.6) is 0 Å². The SMILES string of the molecule is CC(COCC(F)(F)F)NC(=O)C1(CN)CCOCC1. The second-order valence-electron chi connectivity index (χ2n) is 5.10. The number of hydrogen-bond acceptors (Lipinski definition) is 4. The first-order valence-corrected chi connectivity index (χ1v) is 6.52. The van der Waals surface area contributed by atoms with E-state index in [-0.39, 0.29) is 19.1 Å². The third kappa shape index (κ3) is 5.26. The third-order valence-corrected chi connectivity index (χ3v) is 3.33. The average molecular weight is 298 g/mol. The van der Waals surface area contributed by atoms with E-state index in [0.29, 0.717) is 26.1 Å². The lowest BCUT2D eigenvalue weighted by atomic mass is 9.79. The molecule has 1 saturated heterocycles. The summed E-state index contributed by atoms with van der Waals surface area (Å²) in [4.78, 5) is 12.2. The predicted octanol–water partition coefficient (Wildman–Crippen LogP) is 0.826. The number of nitrogens with one attached hydrogen (secondary N) is 1. The van der Waals surface area contributed by atoms with Gasteiger partial charge in [0.1, 0.15) is 6.61 Å². The Morgan fingerprint density at radius 2 is 2.05 bits per heavy atom. The number of amides is 1. The lowest BCUT2D eigenvalue weighted by Gasteiger charge is -2.35. The summed E-state index contributed by atoms with van der Waals surface area (Å²) in [5, 5.41) is 2.66. The van der Waals surface area contributed by atoms with Crippen molar-refractivity contribution in [3.05, 3.63) is 0 Å². The van der Waals surface area contributed by atoms with Gasteiger partial charge in [-0.2, -0.15) is 13.2 Å². The van der Waals surface area contributed by atoms with Crippen LogP contribution in [-0.2, 0) is 14.3 Å². The molecule has 0 aromatic heterocycles. The fourth-order valence-electron chi connectivity index (χ4n) is 2.06. The van der Waals surface area contributed by atoms with E-state index in [2.05, 4.69) is 10.1 Å². The molecular weight excluding hydrogens is 277 g/mol. The second-order valence-corrected chi connectivity index (χ2v) is 5.10. The number of halogens is 3. The highest BCUT2D eigenvalue weighted by atomic mass is 19.4. The van der Waals surface area contributed by atoms with Crippen LogP contribution in [0, 0.1) is 5.41 Å². The zero-order chi connectivity index (χ0) is 15.2. The number of alkyl halides is 3. The highest BCUT2D eigenvalue weighted by molar-refractivity contribution is 5.83. The van der Waals surface area contributed by atoms with E-state index >= 15 is 0 Å². The monoisotopic (exact) mass is 298 g/mol. The molecule has 1 amide bonds. The standard InChI is InChI=1S/C12H21F3N2O3/c1-9(6-20-8-12(13,14)15)17-10(18)11(7-16)2-4-19-5-3-11/h9H,2-8,16H2,1H3,(H,17,18). The summed E-state index contributed by atoms with van der Waals surface area (Å²) in [6, 6.07) is -0.504. The van der Waals surface area contributed by atoms with Crippen LogP contribution in [0.1, 0.15) is 19.8 Å². The minimum absolute atomic E-state index is 0.192. The Morgan fingerprint density at radius 1 is 1.45 bits per heavy atom. The fraction of sp³-hybridized carbons (Fsp3) is 0.917. The number of ether oxygens (including phenoxy) is 2. The molecule has 0 aromatic carbocycles. The largest absolute Gasteiger partial charge is 0.411 e. The van der Waals surface area contributed by atoms with E-state index in [1.807, 2.05) is 0 Å². The topological polar surface area (TPSA) is 73.6 Å². The highest BCUT2D eigenvalue weighted by Crippen LogP contribution is 2.29. The Kier molecular flexibility index (Phi) is 6.22. The lowest BCUT2D eigenvalue weighted by Crippen LogP contribution is -2.52. The van der Waals surface area contributed by atoms with Crippen molar-refractivity contribution in [2.45, 2.75) is 32.0 Å². The molecule has 1 unspecified atom stereocenters. The van der Waals surface area contributed by atoms with Gasteiger partial charge in [0, 0.05) is 25.8 Å². The van der Waals surface area contributed by atoms with Gasteiger partial charge >= 0.3 is 6.18 Å². The van der Waals surface area contributed by atoms with Gasteiger partial charge in [0.05, 0.1) is 12.0 Å². The van der Waals surface area contributed by atoms with Crippen molar-refractivity contribution in [2.24, 2.45) is 11.1 Å². The molecule has 0 aliphatic carbocycles. The van der Waals surface area contributed by atoms with Crippen molar-refractivity contribution in [2.75, 3.05) is 33.0 Å². The van der Waals surface area contributed by atoms with Crippen LogP contribution >= 0.6 is 0 Å². The molecule has 0 radical (unpaired) electrons. The number of hydrogen-bond donors (Lipinski definition) is 2. The van der Waals surface area contributed by atoms with Gasteiger partial charge in [-0.05, 0) is 19.8 Å². The molecule has 1 rings (SSSR count). The van der Waals surface area contributed by atoms with E-state index in [4.69, 9.17) is 10.5 Å². The van der Waals surface area contributed by atoms with Crippen molar-refractivity contribution in [3.8, 4) is 0 Å². The molecule has 8 heteroatoms.